The molecule has 7 nitrogen and oxygen atoms in total. The third kappa shape index (κ3) is 5.81. The van der Waals surface area contributed by atoms with Crippen molar-refractivity contribution in [3.63, 3.8) is 0 Å². The summed E-state index contributed by atoms with van der Waals surface area (Å²) >= 11 is 0. The van der Waals surface area contributed by atoms with Crippen molar-refractivity contribution >= 4 is 5.91 Å². The Morgan fingerprint density at radius 2 is 1.79 bits per heavy atom. The first-order valence-corrected chi connectivity index (χ1v) is 9.34. The van der Waals surface area contributed by atoms with E-state index in [-0.39, 0.29) is 11.5 Å². The van der Waals surface area contributed by atoms with Crippen LogP contribution in [0.4, 0.5) is 0 Å². The second-order valence-corrected chi connectivity index (χ2v) is 6.33. The summed E-state index contributed by atoms with van der Waals surface area (Å²) in [4.78, 5) is 26.4. The van der Waals surface area contributed by atoms with E-state index in [2.05, 4.69) is 18.3 Å². The van der Waals surface area contributed by atoms with E-state index in [1.165, 1.54) is 17.9 Å². The minimum Gasteiger partial charge on any atom is -0.497 e. The van der Waals surface area contributed by atoms with E-state index in [1.54, 1.807) is 24.2 Å². The van der Waals surface area contributed by atoms with Crippen LogP contribution < -0.4 is 15.0 Å². The zero-order valence-corrected chi connectivity index (χ0v) is 17.0. The second kappa shape index (κ2) is 10.8. The highest BCUT2D eigenvalue weighted by molar-refractivity contribution is 5.76. The summed E-state index contributed by atoms with van der Waals surface area (Å²) in [5.41, 5.74) is 1.08. The molecule has 0 saturated carbocycles. The average molecular weight is 397 g/mol. The van der Waals surface area contributed by atoms with E-state index in [9.17, 15) is 9.59 Å². The molecule has 0 atom stereocenters. The minimum atomic E-state index is -0.277. The van der Waals surface area contributed by atoms with Crippen LogP contribution in [-0.2, 0) is 11.3 Å². The number of nitrogens with zero attached hydrogens (tertiary/aromatic N) is 3. The molecular formula is C22H27N3O4. The fraction of sp³-hybridized carbons (Fsp3) is 0.318. The monoisotopic (exact) mass is 397 g/mol. The Morgan fingerprint density at radius 1 is 1.14 bits per heavy atom. The maximum absolute atomic E-state index is 12.4. The third-order valence-electron chi connectivity index (χ3n) is 4.36. The maximum Gasteiger partial charge on any atom is 0.270 e. The van der Waals surface area contributed by atoms with Crippen LogP contribution in [0, 0.1) is 0 Å². The second-order valence-electron chi connectivity index (χ2n) is 6.33. The minimum absolute atomic E-state index is 0.0123. The Hall–Kier alpha value is -3.35. The Balaban J connectivity index is 2.16. The highest BCUT2D eigenvalue weighted by atomic mass is 16.5. The van der Waals surface area contributed by atoms with Gasteiger partial charge < -0.3 is 14.4 Å². The van der Waals surface area contributed by atoms with Crippen LogP contribution in [0.1, 0.15) is 12.8 Å². The number of carbonyl (C=O) groups is 1. The maximum atomic E-state index is 12.4. The Kier molecular flexibility index (Phi) is 8.21. The molecule has 1 heterocycles. The summed E-state index contributed by atoms with van der Waals surface area (Å²) in [7, 11) is 3.10. The van der Waals surface area contributed by atoms with Gasteiger partial charge in [-0.1, -0.05) is 12.2 Å². The van der Waals surface area contributed by atoms with Gasteiger partial charge in [-0.15, -0.1) is 13.2 Å². The van der Waals surface area contributed by atoms with Gasteiger partial charge in [0.25, 0.3) is 5.56 Å². The van der Waals surface area contributed by atoms with Crippen molar-refractivity contribution in [1.29, 1.82) is 0 Å². The van der Waals surface area contributed by atoms with Gasteiger partial charge in [0.1, 0.15) is 11.4 Å². The van der Waals surface area contributed by atoms with E-state index >= 15 is 0 Å². The highest BCUT2D eigenvalue weighted by Gasteiger charge is 2.14. The number of amides is 1. The van der Waals surface area contributed by atoms with Gasteiger partial charge in [-0.2, -0.15) is 5.10 Å². The lowest BCUT2D eigenvalue weighted by Crippen LogP contribution is -2.31. The van der Waals surface area contributed by atoms with Gasteiger partial charge in [0.2, 0.25) is 5.91 Å². The molecule has 0 aliphatic carbocycles. The molecule has 0 radical (unpaired) electrons. The molecule has 0 spiro atoms. The van der Waals surface area contributed by atoms with E-state index in [0.717, 1.165) is 11.3 Å². The summed E-state index contributed by atoms with van der Waals surface area (Å²) in [5, 5.41) is 4.46. The van der Waals surface area contributed by atoms with Crippen LogP contribution in [0.5, 0.6) is 11.5 Å². The molecule has 2 aromatic rings. The van der Waals surface area contributed by atoms with Gasteiger partial charge in [0, 0.05) is 37.7 Å². The van der Waals surface area contributed by atoms with Gasteiger partial charge >= 0.3 is 0 Å². The van der Waals surface area contributed by atoms with Crippen LogP contribution in [0.15, 0.2) is 60.4 Å². The molecule has 0 unspecified atom stereocenters. The summed E-state index contributed by atoms with van der Waals surface area (Å²) in [6, 6.07) is 8.75. The van der Waals surface area contributed by atoms with Crippen LogP contribution in [0.25, 0.3) is 11.3 Å². The van der Waals surface area contributed by atoms with Gasteiger partial charge in [0.05, 0.1) is 14.2 Å². The topological polar surface area (TPSA) is 73.7 Å². The molecule has 0 N–H and O–H groups in total. The van der Waals surface area contributed by atoms with Crippen LogP contribution in [0.2, 0.25) is 0 Å². The van der Waals surface area contributed by atoms with Crippen molar-refractivity contribution in [2.24, 2.45) is 0 Å². The van der Waals surface area contributed by atoms with Crippen molar-refractivity contribution in [1.82, 2.24) is 14.7 Å². The smallest absolute Gasteiger partial charge is 0.270 e. The van der Waals surface area contributed by atoms with E-state index in [0.29, 0.717) is 43.9 Å². The number of methoxy groups -OCH3 is 2. The van der Waals surface area contributed by atoms with Crippen LogP contribution in [0.3, 0.4) is 0 Å². The average Bonchev–Trinajstić information content (AvgIpc) is 2.74. The molecule has 0 bridgehead atoms. The summed E-state index contributed by atoms with van der Waals surface area (Å²) in [6.45, 7) is 8.59. The molecule has 0 aliphatic heterocycles. The molecule has 1 aromatic heterocycles. The Labute approximate surface area is 170 Å². The number of rotatable bonds is 11. The van der Waals surface area contributed by atoms with E-state index in [4.69, 9.17) is 9.47 Å². The molecular weight excluding hydrogens is 370 g/mol. The highest BCUT2D eigenvalue weighted by Crippen LogP contribution is 2.27. The molecule has 1 amide bonds. The quantitative estimate of drug-likeness (QED) is 0.545. The number of ether oxygens (including phenoxy) is 2. The van der Waals surface area contributed by atoms with Gasteiger partial charge in [-0.3, -0.25) is 9.59 Å². The van der Waals surface area contributed by atoms with E-state index < -0.39 is 0 Å². The fourth-order valence-electron chi connectivity index (χ4n) is 2.87. The lowest BCUT2D eigenvalue weighted by molar-refractivity contribution is -0.130. The number of hydrogen-bond donors (Lipinski definition) is 0. The molecule has 29 heavy (non-hydrogen) atoms. The molecule has 1 aromatic carbocycles. The Morgan fingerprint density at radius 3 is 2.34 bits per heavy atom. The van der Waals surface area contributed by atoms with Crippen molar-refractivity contribution in [2.45, 2.75) is 19.4 Å². The van der Waals surface area contributed by atoms with Gasteiger partial charge in [-0.25, -0.2) is 4.68 Å². The van der Waals surface area contributed by atoms with Crippen molar-refractivity contribution in [3.8, 4) is 22.8 Å². The third-order valence-corrected chi connectivity index (χ3v) is 4.36. The SMILES string of the molecule is C=CCN(CC=C)C(=O)CCCn1nc(-c2ccc(OC)cc2)c(OC)cc1=O. The predicted octanol–water partition coefficient (Wildman–Crippen LogP) is 2.91. The van der Waals surface area contributed by atoms with Gasteiger partial charge in [-0.05, 0) is 30.7 Å². The fourth-order valence-corrected chi connectivity index (χ4v) is 2.87. The first-order chi connectivity index (χ1) is 14.0. The standard InChI is InChI=1S/C22H27N3O4/c1-5-13-24(14-6-2)20(26)8-7-15-25-21(27)16-19(29-4)22(23-25)17-9-11-18(28-3)12-10-17/h5-6,9-12,16H,1-2,7-8,13-15H2,3-4H3. The van der Waals surface area contributed by atoms with Crippen LogP contribution >= 0.6 is 0 Å². The summed E-state index contributed by atoms with van der Waals surface area (Å²) in [6.07, 6.45) is 4.15. The van der Waals surface area contributed by atoms with Crippen LogP contribution in [-0.4, -0.2) is 47.9 Å². The molecule has 0 aliphatic rings. The summed E-state index contributed by atoms with van der Waals surface area (Å²) in [5.74, 6) is 1.11. The van der Waals surface area contributed by atoms with Crippen molar-refractivity contribution in [2.75, 3.05) is 27.3 Å². The molecule has 7 heteroatoms. The number of hydrogen-bond acceptors (Lipinski definition) is 5. The lowest BCUT2D eigenvalue weighted by Gasteiger charge is -2.19. The normalized spacial score (nSPS) is 10.3. The largest absolute Gasteiger partial charge is 0.497 e. The van der Waals surface area contributed by atoms with Gasteiger partial charge in [0.15, 0.2) is 5.75 Å². The Bertz CT molecular complexity index is 893. The molecule has 0 fully saturated rings. The number of benzene rings is 1. The van der Waals surface area contributed by atoms with E-state index in [1.807, 2.05) is 24.3 Å². The number of aryl methyl sites for hydroxylation is 1. The zero-order valence-electron chi connectivity index (χ0n) is 17.0. The first-order valence-electron chi connectivity index (χ1n) is 9.34. The predicted molar refractivity (Wildman–Crippen MR) is 113 cm³/mol. The zero-order chi connectivity index (χ0) is 21.2. The molecule has 154 valence electrons. The number of carbonyl (C=O) groups excluding carboxylic acids is 1. The lowest BCUT2D eigenvalue weighted by atomic mass is 10.1. The summed E-state index contributed by atoms with van der Waals surface area (Å²) < 4.78 is 11.9. The molecule has 0 saturated heterocycles. The van der Waals surface area contributed by atoms with Crippen molar-refractivity contribution < 1.29 is 14.3 Å². The number of aromatic nitrogens is 2. The molecule has 2 rings (SSSR count). The first kappa shape index (κ1) is 21.9. The van der Waals surface area contributed by atoms with Crippen molar-refractivity contribution in [3.05, 3.63) is 66.0 Å².